The molecule has 2 aromatic carbocycles. The number of amides is 1. The Labute approximate surface area is 115 Å². The van der Waals surface area contributed by atoms with Crippen LogP contribution in [0.2, 0.25) is 0 Å². The number of hydrogen-bond donors (Lipinski definition) is 0. The van der Waals surface area contributed by atoms with Gasteiger partial charge in [0.05, 0.1) is 0 Å². The number of nitrogens with zero attached hydrogens (tertiary/aromatic N) is 1. The fourth-order valence-corrected chi connectivity index (χ4v) is 2.47. The van der Waals surface area contributed by atoms with Gasteiger partial charge in [0, 0.05) is 17.5 Å². The highest BCUT2D eigenvalue weighted by atomic mass is 17.2. The van der Waals surface area contributed by atoms with E-state index >= 15 is 0 Å². The van der Waals surface area contributed by atoms with E-state index in [1.165, 1.54) is 0 Å². The Morgan fingerprint density at radius 3 is 2.85 bits per heavy atom. The van der Waals surface area contributed by atoms with Crippen LogP contribution in [0.5, 0.6) is 11.5 Å². The standard InChI is InChI=1S/C15H10NO4/c17-15-16-14-10(5-3-7-12(14)18-15)13-8-9-4-1-2-6-11(9)19-20-13/h1-7,13H,8H2. The SMILES string of the molecule is O=C1[N]c2c(cccc2C2Cc3ccccc3OO2)O1. The average molecular weight is 268 g/mol. The first-order valence-corrected chi connectivity index (χ1v) is 6.29. The van der Waals surface area contributed by atoms with Crippen molar-refractivity contribution in [3.8, 4) is 11.5 Å². The molecule has 4 rings (SSSR count). The molecule has 1 radical (unpaired) electrons. The molecule has 0 bridgehead atoms. The minimum Gasteiger partial charge on any atom is -0.406 e. The van der Waals surface area contributed by atoms with Crippen LogP contribution < -0.4 is 14.9 Å². The van der Waals surface area contributed by atoms with Gasteiger partial charge in [-0.3, -0.25) is 0 Å². The summed E-state index contributed by atoms with van der Waals surface area (Å²) < 4.78 is 5.01. The van der Waals surface area contributed by atoms with Crippen molar-refractivity contribution in [1.82, 2.24) is 5.32 Å². The lowest BCUT2D eigenvalue weighted by molar-refractivity contribution is -0.257. The Morgan fingerprint density at radius 1 is 1.05 bits per heavy atom. The molecule has 0 saturated heterocycles. The highest BCUT2D eigenvalue weighted by Gasteiger charge is 2.31. The third-order valence-corrected chi connectivity index (χ3v) is 3.41. The molecular formula is C15H10NO4. The molecule has 0 aliphatic carbocycles. The Balaban J connectivity index is 1.71. The Kier molecular flexibility index (Phi) is 2.40. The second-order valence-corrected chi connectivity index (χ2v) is 4.65. The highest BCUT2D eigenvalue weighted by Crippen LogP contribution is 2.41. The van der Waals surface area contributed by atoms with Crippen LogP contribution in [-0.4, -0.2) is 6.09 Å². The Hall–Kier alpha value is -2.53. The van der Waals surface area contributed by atoms with E-state index in [1.54, 1.807) is 6.07 Å². The van der Waals surface area contributed by atoms with Gasteiger partial charge in [0.25, 0.3) is 0 Å². The first-order chi connectivity index (χ1) is 9.81. The minimum atomic E-state index is -0.593. The summed E-state index contributed by atoms with van der Waals surface area (Å²) in [5.41, 5.74) is 2.39. The van der Waals surface area contributed by atoms with Crippen LogP contribution in [0.25, 0.3) is 0 Å². The number of benzene rings is 2. The van der Waals surface area contributed by atoms with Gasteiger partial charge in [-0.05, 0) is 12.1 Å². The van der Waals surface area contributed by atoms with Crippen LogP contribution in [0.4, 0.5) is 10.5 Å². The number of fused-ring (bicyclic) bond motifs is 2. The van der Waals surface area contributed by atoms with Crippen molar-refractivity contribution in [2.24, 2.45) is 0 Å². The van der Waals surface area contributed by atoms with Gasteiger partial charge in [0.1, 0.15) is 11.8 Å². The maximum atomic E-state index is 11.3. The van der Waals surface area contributed by atoms with E-state index in [-0.39, 0.29) is 6.10 Å². The zero-order valence-corrected chi connectivity index (χ0v) is 10.4. The Bertz CT molecular complexity index is 698. The van der Waals surface area contributed by atoms with E-state index in [2.05, 4.69) is 5.32 Å². The van der Waals surface area contributed by atoms with Gasteiger partial charge < -0.3 is 9.62 Å². The molecule has 5 nitrogen and oxygen atoms in total. The monoisotopic (exact) mass is 268 g/mol. The van der Waals surface area contributed by atoms with Gasteiger partial charge in [0.15, 0.2) is 11.5 Å². The summed E-state index contributed by atoms with van der Waals surface area (Å²) in [5.74, 6) is 1.19. The van der Waals surface area contributed by atoms with Crippen LogP contribution in [0.1, 0.15) is 17.2 Å². The van der Waals surface area contributed by atoms with E-state index < -0.39 is 6.09 Å². The van der Waals surface area contributed by atoms with E-state index in [9.17, 15) is 4.79 Å². The molecule has 2 aliphatic rings. The van der Waals surface area contributed by atoms with Crippen LogP contribution in [0.3, 0.4) is 0 Å². The molecule has 1 amide bonds. The summed E-state index contributed by atoms with van der Waals surface area (Å²) in [5, 5.41) is 3.89. The normalized spacial score (nSPS) is 19.4. The van der Waals surface area contributed by atoms with Crippen molar-refractivity contribution in [3.63, 3.8) is 0 Å². The van der Waals surface area contributed by atoms with E-state index in [0.29, 0.717) is 17.9 Å². The molecule has 1 atom stereocenters. The number of para-hydroxylation sites is 2. The predicted molar refractivity (Wildman–Crippen MR) is 68.9 cm³/mol. The number of hydrogen-bond acceptors (Lipinski definition) is 4. The summed E-state index contributed by atoms with van der Waals surface area (Å²) >= 11 is 0. The molecule has 0 saturated carbocycles. The lowest BCUT2D eigenvalue weighted by Crippen LogP contribution is -2.17. The maximum Gasteiger partial charge on any atom is 0.439 e. The van der Waals surface area contributed by atoms with Crippen molar-refractivity contribution < 1.29 is 19.3 Å². The molecule has 20 heavy (non-hydrogen) atoms. The number of carbonyl (C=O) groups is 1. The molecule has 2 aromatic rings. The van der Waals surface area contributed by atoms with Crippen molar-refractivity contribution >= 4 is 11.8 Å². The van der Waals surface area contributed by atoms with Gasteiger partial charge in [-0.1, -0.05) is 30.3 Å². The molecule has 2 heterocycles. The minimum absolute atomic E-state index is 0.307. The average Bonchev–Trinajstić information content (AvgIpc) is 2.86. The zero-order valence-electron chi connectivity index (χ0n) is 10.4. The number of ether oxygens (including phenoxy) is 1. The zero-order chi connectivity index (χ0) is 13.5. The van der Waals surface area contributed by atoms with Crippen LogP contribution in [0.15, 0.2) is 42.5 Å². The smallest absolute Gasteiger partial charge is 0.406 e. The summed E-state index contributed by atoms with van der Waals surface area (Å²) in [4.78, 5) is 22.0. The number of rotatable bonds is 1. The Morgan fingerprint density at radius 2 is 1.90 bits per heavy atom. The first kappa shape index (κ1) is 11.3. The van der Waals surface area contributed by atoms with Gasteiger partial charge in [0.2, 0.25) is 0 Å². The van der Waals surface area contributed by atoms with Gasteiger partial charge in [-0.25, -0.2) is 4.79 Å². The lowest BCUT2D eigenvalue weighted by Gasteiger charge is -2.24. The summed E-state index contributed by atoms with van der Waals surface area (Å²) in [6.07, 6.45) is -0.237. The van der Waals surface area contributed by atoms with Crippen LogP contribution >= 0.6 is 0 Å². The molecule has 0 fully saturated rings. The summed E-state index contributed by atoms with van der Waals surface area (Å²) in [6, 6.07) is 13.1. The second-order valence-electron chi connectivity index (χ2n) is 4.65. The van der Waals surface area contributed by atoms with Crippen molar-refractivity contribution in [3.05, 3.63) is 53.6 Å². The van der Waals surface area contributed by atoms with Crippen molar-refractivity contribution in [2.75, 3.05) is 0 Å². The molecule has 1 unspecified atom stereocenters. The maximum absolute atomic E-state index is 11.3. The molecule has 0 N–H and O–H groups in total. The van der Waals surface area contributed by atoms with E-state index in [1.807, 2.05) is 36.4 Å². The van der Waals surface area contributed by atoms with Crippen LogP contribution in [-0.2, 0) is 11.3 Å². The van der Waals surface area contributed by atoms with E-state index in [0.717, 1.165) is 16.9 Å². The summed E-state index contributed by atoms with van der Waals surface area (Å²) in [7, 11) is 0. The van der Waals surface area contributed by atoms with Gasteiger partial charge in [-0.15, -0.1) is 0 Å². The molecule has 99 valence electrons. The first-order valence-electron chi connectivity index (χ1n) is 6.29. The fourth-order valence-electron chi connectivity index (χ4n) is 2.47. The third kappa shape index (κ3) is 1.71. The molecule has 0 aromatic heterocycles. The van der Waals surface area contributed by atoms with Crippen molar-refractivity contribution in [1.29, 1.82) is 0 Å². The highest BCUT2D eigenvalue weighted by molar-refractivity contribution is 5.85. The lowest BCUT2D eigenvalue weighted by atomic mass is 9.98. The topological polar surface area (TPSA) is 58.9 Å². The molecule has 2 aliphatic heterocycles. The fraction of sp³-hybridized carbons (Fsp3) is 0.133. The quantitative estimate of drug-likeness (QED) is 0.746. The third-order valence-electron chi connectivity index (χ3n) is 3.41. The molecular weight excluding hydrogens is 258 g/mol. The van der Waals surface area contributed by atoms with Gasteiger partial charge >= 0.3 is 6.09 Å². The van der Waals surface area contributed by atoms with Crippen LogP contribution in [0, 0.1) is 0 Å². The molecule has 0 spiro atoms. The largest absolute Gasteiger partial charge is 0.439 e. The number of carbonyl (C=O) groups excluding carboxylic acids is 1. The van der Waals surface area contributed by atoms with E-state index in [4.69, 9.17) is 14.5 Å². The predicted octanol–water partition coefficient (Wildman–Crippen LogP) is 3.04. The van der Waals surface area contributed by atoms with Gasteiger partial charge in [-0.2, -0.15) is 10.2 Å². The second kappa shape index (κ2) is 4.25. The summed E-state index contributed by atoms with van der Waals surface area (Å²) in [6.45, 7) is 0. The molecule has 5 heteroatoms. The van der Waals surface area contributed by atoms with Crippen molar-refractivity contribution in [2.45, 2.75) is 12.5 Å².